The van der Waals surface area contributed by atoms with Crippen molar-refractivity contribution in [2.24, 2.45) is 11.8 Å². The van der Waals surface area contributed by atoms with Gasteiger partial charge in [0.15, 0.2) is 0 Å². The van der Waals surface area contributed by atoms with Crippen molar-refractivity contribution in [3.63, 3.8) is 0 Å². The molecule has 2 fully saturated rings. The fraction of sp³-hybridized carbons (Fsp3) is 0.556. The average molecular weight is 301 g/mol. The first-order chi connectivity index (χ1) is 10.4. The molecule has 0 N–H and O–H groups in total. The van der Waals surface area contributed by atoms with Gasteiger partial charge in [0.1, 0.15) is 18.1 Å². The molecule has 2 atom stereocenters. The molecule has 1 heterocycles. The van der Waals surface area contributed by atoms with E-state index >= 15 is 0 Å². The molecule has 1 aromatic carbocycles. The van der Waals surface area contributed by atoms with Gasteiger partial charge in [-0.1, -0.05) is 39.0 Å². The molecule has 1 aromatic rings. The summed E-state index contributed by atoms with van der Waals surface area (Å²) in [6.45, 7) is 7.74. The summed E-state index contributed by atoms with van der Waals surface area (Å²) in [4.78, 5) is 24.5. The molecule has 1 aliphatic carbocycles. The number of para-hydroxylation sites is 1. The third kappa shape index (κ3) is 2.87. The van der Waals surface area contributed by atoms with Crippen LogP contribution in [0.1, 0.15) is 32.8 Å². The summed E-state index contributed by atoms with van der Waals surface area (Å²) in [7, 11) is 0. The van der Waals surface area contributed by atoms with Gasteiger partial charge in [0, 0.05) is 11.8 Å². The molecule has 2 aliphatic rings. The first-order valence-corrected chi connectivity index (χ1v) is 7.90. The van der Waals surface area contributed by atoms with Gasteiger partial charge >= 0.3 is 0 Å². The van der Waals surface area contributed by atoms with Crippen LogP contribution in [0.5, 0.6) is 5.75 Å². The number of benzene rings is 1. The van der Waals surface area contributed by atoms with Crippen molar-refractivity contribution in [2.45, 2.75) is 38.7 Å². The molecule has 4 nitrogen and oxygen atoms in total. The normalized spacial score (nSPS) is 24.6. The fourth-order valence-corrected chi connectivity index (χ4v) is 2.94. The van der Waals surface area contributed by atoms with Crippen molar-refractivity contribution in [1.82, 2.24) is 4.90 Å². The molecule has 0 radical (unpaired) electrons. The van der Waals surface area contributed by atoms with Crippen molar-refractivity contribution in [3.8, 4) is 5.75 Å². The summed E-state index contributed by atoms with van der Waals surface area (Å²) in [5.41, 5.74) is 1.21. The van der Waals surface area contributed by atoms with E-state index in [1.807, 2.05) is 18.2 Å². The SMILES string of the molecule is CC(C)(C)c1ccccc1OC1CN(C(=O)C2CC2C=O)C1. The molecule has 2 unspecified atom stereocenters. The molecular formula is C18H23NO3. The van der Waals surface area contributed by atoms with Gasteiger partial charge in [-0.25, -0.2) is 0 Å². The fourth-order valence-electron chi connectivity index (χ4n) is 2.94. The molecule has 1 saturated carbocycles. The summed E-state index contributed by atoms with van der Waals surface area (Å²) >= 11 is 0. The maximum absolute atomic E-state index is 12.1. The van der Waals surface area contributed by atoms with Gasteiger partial charge in [-0.2, -0.15) is 0 Å². The second-order valence-electron chi connectivity index (χ2n) is 7.37. The van der Waals surface area contributed by atoms with Gasteiger partial charge in [-0.05, 0) is 23.5 Å². The lowest BCUT2D eigenvalue weighted by Crippen LogP contribution is -2.56. The highest BCUT2D eigenvalue weighted by Crippen LogP contribution is 2.39. The number of ether oxygens (including phenoxy) is 1. The second kappa shape index (κ2) is 5.41. The minimum absolute atomic E-state index is 0.0288. The Kier molecular flexibility index (Phi) is 3.71. The monoisotopic (exact) mass is 301 g/mol. The largest absolute Gasteiger partial charge is 0.486 e. The lowest BCUT2D eigenvalue weighted by molar-refractivity contribution is -0.142. The van der Waals surface area contributed by atoms with E-state index < -0.39 is 0 Å². The number of nitrogens with zero attached hydrogens (tertiary/aromatic N) is 1. The predicted molar refractivity (Wildman–Crippen MR) is 83.8 cm³/mol. The quantitative estimate of drug-likeness (QED) is 0.802. The van der Waals surface area contributed by atoms with Gasteiger partial charge in [0.25, 0.3) is 0 Å². The maximum Gasteiger partial charge on any atom is 0.226 e. The summed E-state index contributed by atoms with van der Waals surface area (Å²) in [6, 6.07) is 8.09. The van der Waals surface area contributed by atoms with E-state index in [-0.39, 0.29) is 29.3 Å². The van der Waals surface area contributed by atoms with Crippen molar-refractivity contribution in [3.05, 3.63) is 29.8 Å². The van der Waals surface area contributed by atoms with Crippen molar-refractivity contribution in [2.75, 3.05) is 13.1 Å². The van der Waals surface area contributed by atoms with E-state index in [0.717, 1.165) is 18.5 Å². The second-order valence-corrected chi connectivity index (χ2v) is 7.37. The number of carbonyl (C=O) groups is 2. The molecule has 1 aliphatic heterocycles. The average Bonchev–Trinajstić information content (AvgIpc) is 3.20. The summed E-state index contributed by atoms with van der Waals surface area (Å²) in [5.74, 6) is 0.903. The van der Waals surface area contributed by atoms with Crippen LogP contribution in [0.3, 0.4) is 0 Å². The zero-order chi connectivity index (χ0) is 15.9. The Morgan fingerprint density at radius 3 is 2.55 bits per heavy atom. The van der Waals surface area contributed by atoms with Crippen LogP contribution in [0, 0.1) is 11.8 Å². The highest BCUT2D eigenvalue weighted by Gasteiger charge is 2.47. The van der Waals surface area contributed by atoms with Crippen LogP contribution in [0.25, 0.3) is 0 Å². The van der Waals surface area contributed by atoms with E-state index in [9.17, 15) is 9.59 Å². The summed E-state index contributed by atoms with van der Waals surface area (Å²) < 4.78 is 6.08. The Hall–Kier alpha value is -1.84. The summed E-state index contributed by atoms with van der Waals surface area (Å²) in [6.07, 6.45) is 1.67. The smallest absolute Gasteiger partial charge is 0.226 e. The molecule has 0 spiro atoms. The standard InChI is InChI=1S/C18H23NO3/c1-18(2,3)15-6-4-5-7-16(15)22-13-9-19(10-13)17(21)14-8-12(14)11-20/h4-7,11-14H,8-10H2,1-3H3. The number of aldehydes is 1. The van der Waals surface area contributed by atoms with E-state index in [2.05, 4.69) is 26.8 Å². The third-order valence-electron chi connectivity index (χ3n) is 4.48. The number of rotatable bonds is 4. The number of hydrogen-bond acceptors (Lipinski definition) is 3. The van der Waals surface area contributed by atoms with Crippen LogP contribution in [0.2, 0.25) is 0 Å². The number of amides is 1. The Morgan fingerprint density at radius 1 is 1.27 bits per heavy atom. The molecular weight excluding hydrogens is 278 g/mol. The van der Waals surface area contributed by atoms with Crippen molar-refractivity contribution >= 4 is 12.2 Å². The molecule has 118 valence electrons. The first kappa shape index (κ1) is 15.1. The number of likely N-dealkylation sites (tertiary alicyclic amines) is 1. The van der Waals surface area contributed by atoms with Gasteiger partial charge in [0.2, 0.25) is 5.91 Å². The van der Waals surface area contributed by atoms with E-state index in [4.69, 9.17) is 4.74 Å². The lowest BCUT2D eigenvalue weighted by atomic mass is 9.86. The van der Waals surface area contributed by atoms with Crippen LogP contribution in [-0.4, -0.2) is 36.3 Å². The van der Waals surface area contributed by atoms with Gasteiger partial charge in [0.05, 0.1) is 13.1 Å². The zero-order valence-corrected chi connectivity index (χ0v) is 13.4. The number of carbonyl (C=O) groups excluding carboxylic acids is 2. The van der Waals surface area contributed by atoms with Crippen LogP contribution in [-0.2, 0) is 15.0 Å². The van der Waals surface area contributed by atoms with E-state index in [1.165, 1.54) is 5.56 Å². The molecule has 4 heteroatoms. The molecule has 1 amide bonds. The molecule has 0 bridgehead atoms. The van der Waals surface area contributed by atoms with E-state index in [0.29, 0.717) is 13.1 Å². The van der Waals surface area contributed by atoms with Crippen molar-refractivity contribution < 1.29 is 14.3 Å². The Labute approximate surface area is 131 Å². The van der Waals surface area contributed by atoms with Gasteiger partial charge in [-0.15, -0.1) is 0 Å². The van der Waals surface area contributed by atoms with Gasteiger partial charge < -0.3 is 14.4 Å². The van der Waals surface area contributed by atoms with E-state index in [1.54, 1.807) is 4.90 Å². The Bertz CT molecular complexity index is 584. The van der Waals surface area contributed by atoms with Crippen LogP contribution < -0.4 is 4.74 Å². The highest BCUT2D eigenvalue weighted by molar-refractivity contribution is 5.86. The molecule has 3 rings (SSSR count). The lowest BCUT2D eigenvalue weighted by Gasteiger charge is -2.40. The topological polar surface area (TPSA) is 46.6 Å². The minimum atomic E-state index is -0.0692. The zero-order valence-electron chi connectivity index (χ0n) is 13.4. The Balaban J connectivity index is 1.57. The summed E-state index contributed by atoms with van der Waals surface area (Å²) in [5, 5.41) is 0. The number of hydrogen-bond donors (Lipinski definition) is 0. The molecule has 1 saturated heterocycles. The first-order valence-electron chi connectivity index (χ1n) is 7.90. The molecule has 0 aromatic heterocycles. The highest BCUT2D eigenvalue weighted by atomic mass is 16.5. The predicted octanol–water partition coefficient (Wildman–Crippen LogP) is 2.41. The molecule has 22 heavy (non-hydrogen) atoms. The Morgan fingerprint density at radius 2 is 1.95 bits per heavy atom. The maximum atomic E-state index is 12.1. The van der Waals surface area contributed by atoms with Gasteiger partial charge in [-0.3, -0.25) is 4.79 Å². The van der Waals surface area contributed by atoms with Crippen LogP contribution in [0.15, 0.2) is 24.3 Å². The van der Waals surface area contributed by atoms with Crippen LogP contribution >= 0.6 is 0 Å². The third-order valence-corrected chi connectivity index (χ3v) is 4.48. The van der Waals surface area contributed by atoms with Crippen molar-refractivity contribution in [1.29, 1.82) is 0 Å². The minimum Gasteiger partial charge on any atom is -0.486 e. The van der Waals surface area contributed by atoms with Crippen LogP contribution in [0.4, 0.5) is 0 Å².